The SMILES string of the molecule is COc1ccc(OC)c(CC(=O)Nc2ccc3cc(C(=O)NO)sc3c2)c1. The van der Waals surface area contributed by atoms with E-state index < -0.39 is 5.91 Å². The van der Waals surface area contributed by atoms with Crippen LogP contribution in [-0.4, -0.2) is 31.2 Å². The summed E-state index contributed by atoms with van der Waals surface area (Å²) in [5.74, 6) is 0.491. The molecule has 0 unspecified atom stereocenters. The van der Waals surface area contributed by atoms with Gasteiger partial charge >= 0.3 is 0 Å². The van der Waals surface area contributed by atoms with Crippen molar-refractivity contribution in [3.63, 3.8) is 0 Å². The number of amides is 2. The Morgan fingerprint density at radius 2 is 1.89 bits per heavy atom. The van der Waals surface area contributed by atoms with Crippen LogP contribution in [-0.2, 0) is 11.2 Å². The summed E-state index contributed by atoms with van der Waals surface area (Å²) >= 11 is 1.23. The van der Waals surface area contributed by atoms with Crippen molar-refractivity contribution in [2.45, 2.75) is 6.42 Å². The predicted molar refractivity (Wildman–Crippen MR) is 103 cm³/mol. The van der Waals surface area contributed by atoms with Crippen LogP contribution in [0.2, 0.25) is 0 Å². The molecular formula is C19H18N2O5S. The molecule has 0 saturated heterocycles. The number of rotatable bonds is 6. The third kappa shape index (κ3) is 4.18. The van der Waals surface area contributed by atoms with Gasteiger partial charge in [0.2, 0.25) is 5.91 Å². The maximum Gasteiger partial charge on any atom is 0.284 e. The zero-order valence-electron chi connectivity index (χ0n) is 14.7. The fraction of sp³-hybridized carbons (Fsp3) is 0.158. The smallest absolute Gasteiger partial charge is 0.284 e. The predicted octanol–water partition coefficient (Wildman–Crippen LogP) is 3.22. The van der Waals surface area contributed by atoms with Gasteiger partial charge in [0.25, 0.3) is 5.91 Å². The van der Waals surface area contributed by atoms with Gasteiger partial charge in [-0.2, -0.15) is 0 Å². The van der Waals surface area contributed by atoms with Crippen LogP contribution in [0.25, 0.3) is 10.1 Å². The number of benzene rings is 2. The molecule has 0 atom stereocenters. The summed E-state index contributed by atoms with van der Waals surface area (Å²) in [5.41, 5.74) is 2.95. The number of methoxy groups -OCH3 is 2. The van der Waals surface area contributed by atoms with Gasteiger partial charge < -0.3 is 14.8 Å². The summed E-state index contributed by atoms with van der Waals surface area (Å²) in [4.78, 5) is 24.3. The fourth-order valence-electron chi connectivity index (χ4n) is 2.67. The van der Waals surface area contributed by atoms with E-state index in [1.54, 1.807) is 56.1 Å². The molecule has 8 heteroatoms. The minimum absolute atomic E-state index is 0.126. The van der Waals surface area contributed by atoms with E-state index >= 15 is 0 Å². The van der Waals surface area contributed by atoms with Crippen molar-refractivity contribution in [1.82, 2.24) is 5.48 Å². The number of anilines is 1. The first-order valence-electron chi connectivity index (χ1n) is 8.03. The minimum atomic E-state index is -0.563. The topological polar surface area (TPSA) is 96.9 Å². The van der Waals surface area contributed by atoms with Gasteiger partial charge in [0.15, 0.2) is 0 Å². The molecule has 0 radical (unpaired) electrons. The first-order valence-corrected chi connectivity index (χ1v) is 8.84. The van der Waals surface area contributed by atoms with Crippen molar-refractivity contribution in [3.05, 3.63) is 52.9 Å². The molecular weight excluding hydrogens is 368 g/mol. The number of carbonyl (C=O) groups excluding carboxylic acids is 2. The fourth-order valence-corrected chi connectivity index (χ4v) is 3.67. The quantitative estimate of drug-likeness (QED) is 0.446. The Morgan fingerprint density at radius 3 is 2.59 bits per heavy atom. The van der Waals surface area contributed by atoms with Gasteiger partial charge in [0.1, 0.15) is 11.5 Å². The number of hydrogen-bond donors (Lipinski definition) is 3. The van der Waals surface area contributed by atoms with Gasteiger partial charge in [-0.15, -0.1) is 11.3 Å². The van der Waals surface area contributed by atoms with Gasteiger partial charge in [-0.05, 0) is 41.8 Å². The molecule has 0 fully saturated rings. The summed E-state index contributed by atoms with van der Waals surface area (Å²) in [7, 11) is 3.11. The van der Waals surface area contributed by atoms with E-state index in [4.69, 9.17) is 14.7 Å². The molecule has 0 saturated carbocycles. The standard InChI is InChI=1S/C19H18N2O5S/c1-25-14-5-6-15(26-2)12(7-14)9-18(22)20-13-4-3-11-8-17(19(23)21-24)27-16(11)10-13/h3-8,10,24H,9H2,1-2H3,(H,20,22)(H,21,23). The second-order valence-electron chi connectivity index (χ2n) is 5.71. The molecule has 0 aliphatic rings. The van der Waals surface area contributed by atoms with Crippen molar-refractivity contribution in [3.8, 4) is 11.5 Å². The summed E-state index contributed by atoms with van der Waals surface area (Å²) < 4.78 is 11.3. The molecule has 2 aromatic carbocycles. The van der Waals surface area contributed by atoms with Gasteiger partial charge in [-0.1, -0.05) is 6.07 Å². The van der Waals surface area contributed by atoms with E-state index in [9.17, 15) is 9.59 Å². The Hall–Kier alpha value is -3.10. The van der Waals surface area contributed by atoms with Crippen LogP contribution >= 0.6 is 11.3 Å². The monoisotopic (exact) mass is 386 g/mol. The lowest BCUT2D eigenvalue weighted by atomic mass is 10.1. The number of fused-ring (bicyclic) bond motifs is 1. The van der Waals surface area contributed by atoms with Crippen LogP contribution in [0.4, 0.5) is 5.69 Å². The maximum absolute atomic E-state index is 12.4. The number of thiophene rings is 1. The van der Waals surface area contributed by atoms with E-state index in [-0.39, 0.29) is 12.3 Å². The van der Waals surface area contributed by atoms with Crippen molar-refractivity contribution in [1.29, 1.82) is 0 Å². The molecule has 0 aliphatic carbocycles. The Morgan fingerprint density at radius 1 is 1.07 bits per heavy atom. The highest BCUT2D eigenvalue weighted by Gasteiger charge is 2.13. The lowest BCUT2D eigenvalue weighted by Gasteiger charge is -2.11. The molecule has 0 bridgehead atoms. The van der Waals surface area contributed by atoms with Crippen LogP contribution in [0.15, 0.2) is 42.5 Å². The Bertz CT molecular complexity index is 999. The molecule has 1 aromatic heterocycles. The summed E-state index contributed by atoms with van der Waals surface area (Å²) in [6.45, 7) is 0. The highest BCUT2D eigenvalue weighted by Crippen LogP contribution is 2.29. The number of nitrogens with one attached hydrogen (secondary N) is 2. The van der Waals surface area contributed by atoms with Crippen LogP contribution < -0.4 is 20.3 Å². The molecule has 7 nitrogen and oxygen atoms in total. The van der Waals surface area contributed by atoms with Crippen molar-refractivity contribution in [2.75, 3.05) is 19.5 Å². The van der Waals surface area contributed by atoms with E-state index in [0.29, 0.717) is 27.6 Å². The van der Waals surface area contributed by atoms with E-state index in [1.807, 2.05) is 6.07 Å². The van der Waals surface area contributed by atoms with Gasteiger partial charge in [0.05, 0.1) is 25.5 Å². The van der Waals surface area contributed by atoms with E-state index in [1.165, 1.54) is 11.3 Å². The van der Waals surface area contributed by atoms with Gasteiger partial charge in [-0.25, -0.2) is 5.48 Å². The molecule has 2 amide bonds. The third-order valence-corrected chi connectivity index (χ3v) is 5.06. The Labute approximate surface area is 159 Å². The second-order valence-corrected chi connectivity index (χ2v) is 6.79. The summed E-state index contributed by atoms with van der Waals surface area (Å²) in [5, 5.41) is 12.4. The Kier molecular flexibility index (Phi) is 5.58. The van der Waals surface area contributed by atoms with Crippen LogP contribution in [0.1, 0.15) is 15.2 Å². The molecule has 0 aliphatic heterocycles. The highest BCUT2D eigenvalue weighted by molar-refractivity contribution is 7.20. The number of carbonyl (C=O) groups is 2. The zero-order chi connectivity index (χ0) is 19.4. The molecule has 140 valence electrons. The third-order valence-electron chi connectivity index (χ3n) is 3.97. The maximum atomic E-state index is 12.4. The van der Waals surface area contributed by atoms with Gasteiger partial charge in [0, 0.05) is 16.0 Å². The molecule has 3 rings (SSSR count). The normalized spacial score (nSPS) is 10.5. The first kappa shape index (κ1) is 18.7. The zero-order valence-corrected chi connectivity index (χ0v) is 15.6. The van der Waals surface area contributed by atoms with Crippen LogP contribution in [0, 0.1) is 0 Å². The lowest BCUT2D eigenvalue weighted by Crippen LogP contribution is -2.16. The van der Waals surface area contributed by atoms with Crippen molar-refractivity contribution < 1.29 is 24.3 Å². The average Bonchev–Trinajstić information content (AvgIpc) is 3.10. The van der Waals surface area contributed by atoms with Crippen molar-refractivity contribution >= 4 is 38.9 Å². The molecule has 27 heavy (non-hydrogen) atoms. The largest absolute Gasteiger partial charge is 0.497 e. The number of ether oxygens (including phenoxy) is 2. The lowest BCUT2D eigenvalue weighted by molar-refractivity contribution is -0.115. The minimum Gasteiger partial charge on any atom is -0.497 e. The summed E-state index contributed by atoms with van der Waals surface area (Å²) in [6.07, 6.45) is 0.126. The number of hydrogen-bond acceptors (Lipinski definition) is 6. The van der Waals surface area contributed by atoms with Crippen LogP contribution in [0.5, 0.6) is 11.5 Å². The second kappa shape index (κ2) is 8.07. The molecule has 0 spiro atoms. The van der Waals surface area contributed by atoms with E-state index in [2.05, 4.69) is 5.32 Å². The Balaban J connectivity index is 1.77. The first-order chi connectivity index (χ1) is 13.0. The molecule has 3 aromatic rings. The van der Waals surface area contributed by atoms with Crippen molar-refractivity contribution in [2.24, 2.45) is 0 Å². The molecule has 1 heterocycles. The summed E-state index contributed by atoms with van der Waals surface area (Å²) in [6, 6.07) is 12.3. The number of hydroxylamine groups is 1. The highest BCUT2D eigenvalue weighted by atomic mass is 32.1. The van der Waals surface area contributed by atoms with E-state index in [0.717, 1.165) is 10.1 Å². The molecule has 3 N–H and O–H groups in total. The van der Waals surface area contributed by atoms with Crippen LogP contribution in [0.3, 0.4) is 0 Å². The van der Waals surface area contributed by atoms with Gasteiger partial charge in [-0.3, -0.25) is 14.8 Å². The average molecular weight is 386 g/mol.